The molecular formula is C16H23Cl2N3O3. The Morgan fingerprint density at radius 1 is 1.42 bits per heavy atom. The molecule has 24 heavy (non-hydrogen) atoms. The van der Waals surface area contributed by atoms with Gasteiger partial charge in [0.05, 0.1) is 18.7 Å². The third-order valence-corrected chi connectivity index (χ3v) is 4.24. The first-order valence-electron chi connectivity index (χ1n) is 7.63. The number of hydrogen-bond donors (Lipinski definition) is 3. The molecule has 1 aliphatic heterocycles. The number of amides is 2. The average Bonchev–Trinajstić information content (AvgIpc) is 3.05. The van der Waals surface area contributed by atoms with Crippen molar-refractivity contribution in [1.29, 1.82) is 0 Å². The molecule has 3 N–H and O–H groups in total. The molecule has 1 aromatic carbocycles. The minimum atomic E-state index is -0.185. The third-order valence-electron chi connectivity index (χ3n) is 3.84. The van der Waals surface area contributed by atoms with Crippen molar-refractivity contribution < 1.29 is 14.3 Å². The summed E-state index contributed by atoms with van der Waals surface area (Å²) in [6.07, 6.45) is 1.05. The van der Waals surface area contributed by atoms with E-state index in [1.807, 2.05) is 6.92 Å². The predicted octanol–water partition coefficient (Wildman–Crippen LogP) is 2.13. The Morgan fingerprint density at radius 3 is 2.79 bits per heavy atom. The number of rotatable bonds is 6. The van der Waals surface area contributed by atoms with Gasteiger partial charge in [0.15, 0.2) is 0 Å². The summed E-state index contributed by atoms with van der Waals surface area (Å²) in [5.41, 5.74) is 1.43. The van der Waals surface area contributed by atoms with Crippen molar-refractivity contribution in [3.63, 3.8) is 0 Å². The highest BCUT2D eigenvalue weighted by Gasteiger charge is 2.22. The molecule has 1 aromatic rings. The molecule has 0 bridgehead atoms. The molecule has 2 rings (SSSR count). The third kappa shape index (κ3) is 5.54. The number of methoxy groups -OCH3 is 1. The maximum absolute atomic E-state index is 12.0. The van der Waals surface area contributed by atoms with E-state index in [0.29, 0.717) is 29.5 Å². The Hall–Kier alpha value is -1.50. The number of benzene rings is 1. The van der Waals surface area contributed by atoms with E-state index in [1.165, 1.54) is 7.11 Å². The van der Waals surface area contributed by atoms with Gasteiger partial charge in [-0.05, 0) is 31.5 Å². The van der Waals surface area contributed by atoms with Crippen LogP contribution in [0.2, 0.25) is 5.02 Å². The number of aryl methyl sites for hydroxylation is 1. The molecule has 0 spiro atoms. The Kier molecular flexibility index (Phi) is 8.31. The lowest BCUT2D eigenvalue weighted by Gasteiger charge is -2.13. The van der Waals surface area contributed by atoms with Crippen molar-refractivity contribution in [1.82, 2.24) is 10.6 Å². The van der Waals surface area contributed by atoms with Crippen LogP contribution in [0.1, 0.15) is 18.4 Å². The van der Waals surface area contributed by atoms with Crippen LogP contribution in [0.25, 0.3) is 0 Å². The van der Waals surface area contributed by atoms with E-state index in [9.17, 15) is 9.59 Å². The second-order valence-electron chi connectivity index (χ2n) is 5.58. The lowest BCUT2D eigenvalue weighted by molar-refractivity contribution is -0.124. The highest BCUT2D eigenvalue weighted by atomic mass is 35.5. The number of ether oxygens (including phenoxy) is 1. The van der Waals surface area contributed by atoms with Crippen LogP contribution in [0.3, 0.4) is 0 Å². The first-order chi connectivity index (χ1) is 11.0. The number of anilines is 1. The summed E-state index contributed by atoms with van der Waals surface area (Å²) in [6.45, 7) is 3.75. The van der Waals surface area contributed by atoms with E-state index in [1.54, 1.807) is 12.1 Å². The van der Waals surface area contributed by atoms with Crippen LogP contribution in [0.5, 0.6) is 5.75 Å². The van der Waals surface area contributed by atoms with Gasteiger partial charge in [0.25, 0.3) is 0 Å². The molecule has 0 aromatic heterocycles. The predicted molar refractivity (Wildman–Crippen MR) is 97.2 cm³/mol. The highest BCUT2D eigenvalue weighted by Crippen LogP contribution is 2.30. The maximum Gasteiger partial charge on any atom is 0.226 e. The molecule has 8 heteroatoms. The second-order valence-corrected chi connectivity index (χ2v) is 5.99. The maximum atomic E-state index is 12.0. The first-order valence-corrected chi connectivity index (χ1v) is 8.01. The number of halogens is 2. The van der Waals surface area contributed by atoms with Crippen molar-refractivity contribution in [3.05, 3.63) is 22.7 Å². The lowest BCUT2D eigenvalue weighted by Crippen LogP contribution is -2.34. The SMILES string of the molecule is COc1cc(Cl)c(C)cc1NC(=O)CCNC(=O)C1CCNC1.Cl. The molecule has 1 saturated heterocycles. The summed E-state index contributed by atoms with van der Waals surface area (Å²) in [4.78, 5) is 23.9. The van der Waals surface area contributed by atoms with Gasteiger partial charge in [0.1, 0.15) is 5.75 Å². The Balaban J connectivity index is 0.00000288. The van der Waals surface area contributed by atoms with E-state index in [0.717, 1.165) is 18.5 Å². The van der Waals surface area contributed by atoms with Gasteiger partial charge in [-0.1, -0.05) is 11.6 Å². The smallest absolute Gasteiger partial charge is 0.226 e. The van der Waals surface area contributed by atoms with Crippen LogP contribution >= 0.6 is 24.0 Å². The molecule has 1 heterocycles. The fourth-order valence-electron chi connectivity index (χ4n) is 2.46. The minimum Gasteiger partial charge on any atom is -0.495 e. The normalized spacial score (nSPS) is 16.2. The Bertz CT molecular complexity index is 590. The zero-order valence-electron chi connectivity index (χ0n) is 13.8. The summed E-state index contributed by atoms with van der Waals surface area (Å²) in [5, 5.41) is 9.31. The monoisotopic (exact) mass is 375 g/mol. The number of hydrogen-bond acceptors (Lipinski definition) is 4. The Morgan fingerprint density at radius 2 is 2.17 bits per heavy atom. The van der Waals surface area contributed by atoms with E-state index < -0.39 is 0 Å². The van der Waals surface area contributed by atoms with Gasteiger partial charge in [0, 0.05) is 30.6 Å². The molecule has 6 nitrogen and oxygen atoms in total. The van der Waals surface area contributed by atoms with Crippen molar-refractivity contribution in [3.8, 4) is 5.75 Å². The summed E-state index contributed by atoms with van der Waals surface area (Å²) in [6, 6.07) is 3.43. The summed E-state index contributed by atoms with van der Waals surface area (Å²) < 4.78 is 5.22. The van der Waals surface area contributed by atoms with Gasteiger partial charge in [-0.25, -0.2) is 0 Å². The molecule has 1 atom stereocenters. The van der Waals surface area contributed by atoms with Gasteiger partial charge in [-0.15, -0.1) is 12.4 Å². The summed E-state index contributed by atoms with van der Waals surface area (Å²) in [7, 11) is 1.52. The highest BCUT2D eigenvalue weighted by molar-refractivity contribution is 6.31. The fraction of sp³-hybridized carbons (Fsp3) is 0.500. The second kappa shape index (κ2) is 9.71. The standard InChI is InChI=1S/C16H22ClN3O3.ClH/c1-10-7-13(14(23-2)8-12(10)17)20-15(21)4-6-19-16(22)11-3-5-18-9-11;/h7-8,11,18H,3-6,9H2,1-2H3,(H,19,22)(H,20,21);1H. The van der Waals surface area contributed by atoms with Gasteiger partial charge in [-0.2, -0.15) is 0 Å². The zero-order chi connectivity index (χ0) is 16.8. The van der Waals surface area contributed by atoms with Crippen LogP contribution in [-0.2, 0) is 9.59 Å². The molecule has 1 unspecified atom stereocenters. The van der Waals surface area contributed by atoms with E-state index in [-0.39, 0.29) is 36.6 Å². The van der Waals surface area contributed by atoms with E-state index in [2.05, 4.69) is 16.0 Å². The van der Waals surface area contributed by atoms with Gasteiger partial charge < -0.3 is 20.7 Å². The van der Waals surface area contributed by atoms with Gasteiger partial charge in [-0.3, -0.25) is 9.59 Å². The molecule has 1 aliphatic rings. The number of nitrogens with one attached hydrogen (secondary N) is 3. The van der Waals surface area contributed by atoms with Crippen LogP contribution < -0.4 is 20.7 Å². The molecule has 2 amide bonds. The topological polar surface area (TPSA) is 79.5 Å². The van der Waals surface area contributed by atoms with Crippen LogP contribution in [0.4, 0.5) is 5.69 Å². The number of carbonyl (C=O) groups is 2. The quantitative estimate of drug-likeness (QED) is 0.711. The van der Waals surface area contributed by atoms with Crippen molar-refractivity contribution in [2.24, 2.45) is 5.92 Å². The summed E-state index contributed by atoms with van der Waals surface area (Å²) in [5.74, 6) is 0.338. The number of carbonyl (C=O) groups excluding carboxylic acids is 2. The molecule has 134 valence electrons. The molecule has 0 aliphatic carbocycles. The summed E-state index contributed by atoms with van der Waals surface area (Å²) >= 11 is 6.04. The van der Waals surface area contributed by atoms with Crippen LogP contribution in [-0.4, -0.2) is 38.6 Å². The first kappa shape index (κ1) is 20.5. The molecule has 0 radical (unpaired) electrons. The molecular weight excluding hydrogens is 353 g/mol. The zero-order valence-corrected chi connectivity index (χ0v) is 15.4. The average molecular weight is 376 g/mol. The van der Waals surface area contributed by atoms with Gasteiger partial charge in [0.2, 0.25) is 11.8 Å². The van der Waals surface area contributed by atoms with Crippen LogP contribution in [0, 0.1) is 12.8 Å². The lowest BCUT2D eigenvalue weighted by atomic mass is 10.1. The van der Waals surface area contributed by atoms with Crippen LogP contribution in [0.15, 0.2) is 12.1 Å². The molecule has 0 saturated carbocycles. The van der Waals surface area contributed by atoms with Crippen molar-refractivity contribution in [2.45, 2.75) is 19.8 Å². The molecule has 1 fully saturated rings. The Labute approximate surface area is 153 Å². The minimum absolute atomic E-state index is 0. The van der Waals surface area contributed by atoms with Crippen molar-refractivity contribution in [2.75, 3.05) is 32.1 Å². The largest absolute Gasteiger partial charge is 0.495 e. The van der Waals surface area contributed by atoms with E-state index >= 15 is 0 Å². The van der Waals surface area contributed by atoms with Gasteiger partial charge >= 0.3 is 0 Å². The van der Waals surface area contributed by atoms with E-state index in [4.69, 9.17) is 16.3 Å². The fourth-order valence-corrected chi connectivity index (χ4v) is 2.62. The van der Waals surface area contributed by atoms with Crippen molar-refractivity contribution >= 4 is 41.5 Å².